The first-order chi connectivity index (χ1) is 10.1. The molecule has 2 rings (SSSR count). The number of hydrogen-bond donors (Lipinski definition) is 2. The average Bonchev–Trinajstić information content (AvgIpc) is 2.93. The van der Waals surface area contributed by atoms with Gasteiger partial charge in [0.25, 0.3) is 5.22 Å². The lowest BCUT2D eigenvalue weighted by Gasteiger charge is -2.13. The molecule has 1 heterocycles. The summed E-state index contributed by atoms with van der Waals surface area (Å²) in [5.41, 5.74) is 7.33. The Hall–Kier alpha value is -1.86. The first kappa shape index (κ1) is 15.5. The molecule has 0 unspecified atom stereocenters. The summed E-state index contributed by atoms with van der Waals surface area (Å²) in [4.78, 5) is 12.0. The Morgan fingerprint density at radius 1 is 1.38 bits per heavy atom. The van der Waals surface area contributed by atoms with Gasteiger partial charge in [-0.15, -0.1) is 10.2 Å². The van der Waals surface area contributed by atoms with Crippen molar-refractivity contribution in [3.63, 3.8) is 0 Å². The van der Waals surface area contributed by atoms with Gasteiger partial charge in [-0.3, -0.25) is 4.79 Å². The van der Waals surface area contributed by atoms with Gasteiger partial charge in [-0.2, -0.15) is 0 Å². The molecule has 3 N–H and O–H groups in total. The van der Waals surface area contributed by atoms with Gasteiger partial charge in [-0.05, 0) is 17.5 Å². The number of hydrogen-bond acceptors (Lipinski definition) is 6. The fraction of sp³-hybridized carbons (Fsp3) is 0.357. The molecular formula is C14H18N4O2S. The summed E-state index contributed by atoms with van der Waals surface area (Å²) in [6, 6.07) is 7.78. The smallest absolute Gasteiger partial charge is 0.277 e. The van der Waals surface area contributed by atoms with Crippen molar-refractivity contribution in [2.24, 2.45) is 5.73 Å². The van der Waals surface area contributed by atoms with E-state index in [0.717, 1.165) is 11.3 Å². The van der Waals surface area contributed by atoms with Crippen LogP contribution in [0.25, 0.3) is 0 Å². The summed E-state index contributed by atoms with van der Waals surface area (Å²) < 4.78 is 5.23. The molecule has 1 aromatic heterocycles. The highest BCUT2D eigenvalue weighted by molar-refractivity contribution is 7.99. The van der Waals surface area contributed by atoms with E-state index in [1.807, 2.05) is 24.3 Å². The third-order valence-electron chi connectivity index (χ3n) is 2.81. The summed E-state index contributed by atoms with van der Waals surface area (Å²) in [6.07, 6.45) is 0. The van der Waals surface area contributed by atoms with Crippen LogP contribution >= 0.6 is 11.8 Å². The highest BCUT2D eigenvalue weighted by Gasteiger charge is 2.11. The molecule has 0 spiro atoms. The molecule has 0 saturated carbocycles. The summed E-state index contributed by atoms with van der Waals surface area (Å²) in [5, 5.41) is 10.8. The molecule has 0 aliphatic carbocycles. The molecule has 1 amide bonds. The number of benzene rings is 1. The first-order valence-electron chi connectivity index (χ1n) is 6.64. The molecule has 7 heteroatoms. The Kier molecular flexibility index (Phi) is 5.35. The minimum Gasteiger partial charge on any atom is -0.415 e. The number of nitrogens with two attached hydrogens (primary N) is 1. The van der Waals surface area contributed by atoms with E-state index in [4.69, 9.17) is 10.2 Å². The van der Waals surface area contributed by atoms with Crippen LogP contribution in [0, 0.1) is 0 Å². The maximum Gasteiger partial charge on any atom is 0.277 e. The number of carbonyl (C=O) groups excluding carboxylic acids is 1. The quantitative estimate of drug-likeness (QED) is 0.796. The van der Waals surface area contributed by atoms with Crippen LogP contribution in [0.2, 0.25) is 0 Å². The monoisotopic (exact) mass is 306 g/mol. The third-order valence-corrected chi connectivity index (χ3v) is 3.63. The van der Waals surface area contributed by atoms with Crippen molar-refractivity contribution < 1.29 is 9.21 Å². The fourth-order valence-electron chi connectivity index (χ4n) is 1.81. The molecule has 6 nitrogen and oxygen atoms in total. The molecular weight excluding hydrogens is 288 g/mol. The van der Waals surface area contributed by atoms with E-state index < -0.39 is 0 Å². The minimum absolute atomic E-state index is 0.111. The molecule has 1 aromatic carbocycles. The zero-order chi connectivity index (χ0) is 15.2. The van der Waals surface area contributed by atoms with Gasteiger partial charge in [0.2, 0.25) is 11.8 Å². The molecule has 112 valence electrons. The van der Waals surface area contributed by atoms with E-state index in [1.54, 1.807) is 0 Å². The van der Waals surface area contributed by atoms with E-state index in [2.05, 4.69) is 29.4 Å². The van der Waals surface area contributed by atoms with Gasteiger partial charge in [-0.1, -0.05) is 43.8 Å². The van der Waals surface area contributed by atoms with Gasteiger partial charge >= 0.3 is 0 Å². The average molecular weight is 306 g/mol. The van der Waals surface area contributed by atoms with Crippen LogP contribution in [0.5, 0.6) is 0 Å². The molecule has 0 aliphatic heterocycles. The summed E-state index contributed by atoms with van der Waals surface area (Å²) in [7, 11) is 0. The van der Waals surface area contributed by atoms with Gasteiger partial charge in [0.1, 0.15) is 0 Å². The van der Waals surface area contributed by atoms with Crippen molar-refractivity contribution in [1.29, 1.82) is 0 Å². The van der Waals surface area contributed by atoms with Crippen LogP contribution in [-0.2, 0) is 11.3 Å². The second-order valence-electron chi connectivity index (χ2n) is 4.74. The third kappa shape index (κ3) is 4.30. The molecule has 0 saturated heterocycles. The largest absolute Gasteiger partial charge is 0.415 e. The number of nitrogens with zero attached hydrogens (tertiary/aromatic N) is 2. The Morgan fingerprint density at radius 3 is 2.81 bits per heavy atom. The Labute approximate surface area is 127 Å². The predicted octanol–water partition coefficient (Wildman–Crippen LogP) is 2.38. The van der Waals surface area contributed by atoms with Gasteiger partial charge in [0.15, 0.2) is 0 Å². The Morgan fingerprint density at radius 2 is 2.14 bits per heavy atom. The topological polar surface area (TPSA) is 94.0 Å². The van der Waals surface area contributed by atoms with E-state index in [1.165, 1.54) is 11.8 Å². The maximum atomic E-state index is 12.0. The van der Waals surface area contributed by atoms with Crippen LogP contribution in [0.15, 0.2) is 33.9 Å². The number of carbonyl (C=O) groups is 1. The highest BCUT2D eigenvalue weighted by atomic mass is 32.2. The summed E-state index contributed by atoms with van der Waals surface area (Å²) in [6.45, 7) is 4.38. The number of para-hydroxylation sites is 1. The molecule has 2 aromatic rings. The van der Waals surface area contributed by atoms with Crippen molar-refractivity contribution in [2.45, 2.75) is 31.5 Å². The van der Waals surface area contributed by atoms with Crippen molar-refractivity contribution in [2.75, 3.05) is 11.1 Å². The molecule has 0 bridgehead atoms. The lowest BCUT2D eigenvalue weighted by Crippen LogP contribution is -2.15. The molecule has 21 heavy (non-hydrogen) atoms. The van der Waals surface area contributed by atoms with E-state index in [9.17, 15) is 4.79 Å². The fourth-order valence-corrected chi connectivity index (χ4v) is 2.39. The Balaban J connectivity index is 1.93. The molecule has 0 fully saturated rings. The maximum absolute atomic E-state index is 12.0. The van der Waals surface area contributed by atoms with Crippen molar-refractivity contribution in [3.05, 3.63) is 35.7 Å². The molecule has 0 radical (unpaired) electrons. The zero-order valence-electron chi connectivity index (χ0n) is 12.0. The SMILES string of the molecule is CC(C)c1ccccc1NC(=O)CSc1nnc(CN)o1. The van der Waals surface area contributed by atoms with Crippen LogP contribution in [0.3, 0.4) is 0 Å². The van der Waals surface area contributed by atoms with Crippen LogP contribution in [-0.4, -0.2) is 21.9 Å². The highest BCUT2D eigenvalue weighted by Crippen LogP contribution is 2.24. The second-order valence-corrected chi connectivity index (χ2v) is 5.67. The number of amides is 1. The van der Waals surface area contributed by atoms with Crippen molar-refractivity contribution in [1.82, 2.24) is 10.2 Å². The van der Waals surface area contributed by atoms with Crippen LogP contribution < -0.4 is 11.1 Å². The van der Waals surface area contributed by atoms with E-state index in [0.29, 0.717) is 17.0 Å². The molecule has 0 atom stereocenters. The van der Waals surface area contributed by atoms with Gasteiger partial charge in [-0.25, -0.2) is 0 Å². The number of nitrogens with one attached hydrogen (secondary N) is 1. The predicted molar refractivity (Wildman–Crippen MR) is 82.1 cm³/mol. The molecule has 0 aliphatic rings. The van der Waals surface area contributed by atoms with Gasteiger partial charge in [0, 0.05) is 5.69 Å². The number of thioether (sulfide) groups is 1. The van der Waals surface area contributed by atoms with E-state index >= 15 is 0 Å². The summed E-state index contributed by atoms with van der Waals surface area (Å²) >= 11 is 1.19. The second kappa shape index (κ2) is 7.24. The van der Waals surface area contributed by atoms with Crippen LogP contribution in [0.1, 0.15) is 31.2 Å². The standard InChI is InChI=1S/C14H18N4O2S/c1-9(2)10-5-3-4-6-11(10)16-12(19)8-21-14-18-17-13(7-15)20-14/h3-6,9H,7-8,15H2,1-2H3,(H,16,19). The van der Waals surface area contributed by atoms with Gasteiger partial charge < -0.3 is 15.5 Å². The minimum atomic E-state index is -0.111. The van der Waals surface area contributed by atoms with Crippen molar-refractivity contribution >= 4 is 23.4 Å². The lowest BCUT2D eigenvalue weighted by atomic mass is 10.0. The Bertz CT molecular complexity index is 613. The zero-order valence-corrected chi connectivity index (χ0v) is 12.8. The number of rotatable bonds is 6. The number of aromatic nitrogens is 2. The number of anilines is 1. The van der Waals surface area contributed by atoms with E-state index in [-0.39, 0.29) is 18.2 Å². The lowest BCUT2D eigenvalue weighted by molar-refractivity contribution is -0.113. The first-order valence-corrected chi connectivity index (χ1v) is 7.62. The summed E-state index contributed by atoms with van der Waals surface area (Å²) in [5.74, 6) is 0.805. The van der Waals surface area contributed by atoms with Crippen molar-refractivity contribution in [3.8, 4) is 0 Å². The van der Waals surface area contributed by atoms with Gasteiger partial charge in [0.05, 0.1) is 12.3 Å². The van der Waals surface area contributed by atoms with Crippen LogP contribution in [0.4, 0.5) is 5.69 Å². The normalized spacial score (nSPS) is 10.9.